The summed E-state index contributed by atoms with van der Waals surface area (Å²) in [5.74, 6) is 0.0891. The molecule has 1 heterocycles. The standard InChI is InChI=1S/C16H12N4O3S/c21-15(13-8-4-5-9-14(13)20(22)23)19-11-17-16(18-19)24-10-12-6-2-1-3-7-12/h1-9,11H,10H2. The van der Waals surface area contributed by atoms with Gasteiger partial charge in [-0.1, -0.05) is 54.2 Å². The summed E-state index contributed by atoms with van der Waals surface area (Å²) in [6.45, 7) is 0. The molecule has 0 fully saturated rings. The van der Waals surface area contributed by atoms with Crippen molar-refractivity contribution in [3.8, 4) is 0 Å². The Morgan fingerprint density at radius 1 is 1.12 bits per heavy atom. The van der Waals surface area contributed by atoms with Crippen LogP contribution >= 0.6 is 11.8 Å². The molecule has 0 saturated carbocycles. The van der Waals surface area contributed by atoms with Gasteiger partial charge in [-0.25, -0.2) is 4.98 Å². The van der Waals surface area contributed by atoms with E-state index in [2.05, 4.69) is 10.1 Å². The number of nitro groups is 1. The fourth-order valence-electron chi connectivity index (χ4n) is 2.07. The van der Waals surface area contributed by atoms with Crippen molar-refractivity contribution < 1.29 is 9.72 Å². The van der Waals surface area contributed by atoms with Crippen molar-refractivity contribution in [2.45, 2.75) is 10.9 Å². The maximum Gasteiger partial charge on any atom is 0.286 e. The van der Waals surface area contributed by atoms with E-state index in [1.165, 1.54) is 36.3 Å². The van der Waals surface area contributed by atoms with Gasteiger partial charge in [0.25, 0.3) is 11.6 Å². The van der Waals surface area contributed by atoms with Crippen molar-refractivity contribution >= 4 is 23.4 Å². The van der Waals surface area contributed by atoms with Gasteiger partial charge in [-0.3, -0.25) is 14.9 Å². The van der Waals surface area contributed by atoms with Crippen molar-refractivity contribution in [2.75, 3.05) is 0 Å². The fourth-order valence-corrected chi connectivity index (χ4v) is 2.83. The molecule has 0 amide bonds. The number of benzene rings is 2. The molecule has 3 rings (SSSR count). The van der Waals surface area contributed by atoms with E-state index in [0.717, 1.165) is 10.2 Å². The third kappa shape index (κ3) is 3.49. The van der Waals surface area contributed by atoms with Crippen LogP contribution in [-0.2, 0) is 5.75 Å². The van der Waals surface area contributed by atoms with E-state index in [9.17, 15) is 14.9 Å². The van der Waals surface area contributed by atoms with E-state index in [0.29, 0.717) is 10.9 Å². The topological polar surface area (TPSA) is 90.9 Å². The molecule has 0 aliphatic heterocycles. The lowest BCUT2D eigenvalue weighted by atomic mass is 10.2. The van der Waals surface area contributed by atoms with Crippen LogP contribution in [0.3, 0.4) is 0 Å². The minimum atomic E-state index is -0.588. The van der Waals surface area contributed by atoms with Crippen LogP contribution in [0.2, 0.25) is 0 Å². The zero-order valence-corrected chi connectivity index (χ0v) is 13.2. The Morgan fingerprint density at radius 3 is 2.58 bits per heavy atom. The van der Waals surface area contributed by atoms with Gasteiger partial charge >= 0.3 is 0 Å². The third-order valence-electron chi connectivity index (χ3n) is 3.22. The first-order valence-electron chi connectivity index (χ1n) is 7.01. The van der Waals surface area contributed by atoms with Crippen LogP contribution in [0.4, 0.5) is 5.69 Å². The summed E-state index contributed by atoms with van der Waals surface area (Å²) in [5, 5.41) is 15.6. The van der Waals surface area contributed by atoms with Gasteiger partial charge in [-0.2, -0.15) is 4.68 Å². The number of thioether (sulfide) groups is 1. The Kier molecular flexibility index (Phi) is 4.66. The van der Waals surface area contributed by atoms with Crippen molar-refractivity contribution in [2.24, 2.45) is 0 Å². The van der Waals surface area contributed by atoms with Crippen LogP contribution in [0.5, 0.6) is 0 Å². The van der Waals surface area contributed by atoms with E-state index in [1.54, 1.807) is 6.07 Å². The van der Waals surface area contributed by atoms with Gasteiger partial charge in [0.2, 0.25) is 5.16 Å². The predicted molar refractivity (Wildman–Crippen MR) is 88.8 cm³/mol. The Labute approximate surface area is 141 Å². The summed E-state index contributed by atoms with van der Waals surface area (Å²) in [4.78, 5) is 26.9. The molecule has 0 spiro atoms. The molecule has 0 aliphatic rings. The molecule has 0 atom stereocenters. The van der Waals surface area contributed by atoms with Gasteiger partial charge in [0.15, 0.2) is 0 Å². The first-order chi connectivity index (χ1) is 11.6. The SMILES string of the molecule is O=C(c1ccccc1[N+](=O)[O-])n1cnc(SCc2ccccc2)n1. The van der Waals surface area contributed by atoms with Crippen molar-refractivity contribution in [3.63, 3.8) is 0 Å². The van der Waals surface area contributed by atoms with Crippen LogP contribution in [0, 0.1) is 10.1 Å². The number of carbonyl (C=O) groups is 1. The minimum absolute atomic E-state index is 0.0213. The molecule has 0 N–H and O–H groups in total. The van der Waals surface area contributed by atoms with E-state index < -0.39 is 10.8 Å². The molecule has 8 heteroatoms. The average molecular weight is 340 g/mol. The van der Waals surface area contributed by atoms with E-state index >= 15 is 0 Å². The van der Waals surface area contributed by atoms with Crippen molar-refractivity contribution in [3.05, 3.63) is 82.2 Å². The highest BCUT2D eigenvalue weighted by atomic mass is 32.2. The minimum Gasteiger partial charge on any atom is -0.266 e. The highest BCUT2D eigenvalue weighted by Gasteiger charge is 2.21. The van der Waals surface area contributed by atoms with Gasteiger partial charge in [-0.05, 0) is 11.6 Å². The number of carbonyl (C=O) groups excluding carboxylic acids is 1. The number of hydrogen-bond donors (Lipinski definition) is 0. The quantitative estimate of drug-likeness (QED) is 0.402. The largest absolute Gasteiger partial charge is 0.286 e. The Morgan fingerprint density at radius 2 is 1.83 bits per heavy atom. The lowest BCUT2D eigenvalue weighted by Crippen LogP contribution is -2.14. The third-order valence-corrected chi connectivity index (χ3v) is 4.14. The van der Waals surface area contributed by atoms with Gasteiger partial charge < -0.3 is 0 Å². The molecule has 3 aromatic rings. The lowest BCUT2D eigenvalue weighted by molar-refractivity contribution is -0.385. The van der Waals surface area contributed by atoms with Crippen molar-refractivity contribution in [1.29, 1.82) is 0 Å². The lowest BCUT2D eigenvalue weighted by Gasteiger charge is -2.01. The normalized spacial score (nSPS) is 10.5. The first kappa shape index (κ1) is 15.9. The van der Waals surface area contributed by atoms with Crippen LogP contribution < -0.4 is 0 Å². The Hall–Kier alpha value is -3.00. The van der Waals surface area contributed by atoms with Gasteiger partial charge in [0, 0.05) is 11.8 Å². The Bertz CT molecular complexity index is 880. The molecular formula is C16H12N4O3S. The summed E-state index contributed by atoms with van der Waals surface area (Å²) in [6, 6.07) is 15.6. The molecule has 120 valence electrons. The van der Waals surface area contributed by atoms with E-state index in [4.69, 9.17) is 0 Å². The highest BCUT2D eigenvalue weighted by Crippen LogP contribution is 2.21. The van der Waals surface area contributed by atoms with Gasteiger partial charge in [0.05, 0.1) is 4.92 Å². The predicted octanol–water partition coefficient (Wildman–Crippen LogP) is 3.17. The summed E-state index contributed by atoms with van der Waals surface area (Å²) in [7, 11) is 0. The number of rotatable bonds is 5. The maximum absolute atomic E-state index is 12.4. The molecule has 0 bridgehead atoms. The highest BCUT2D eigenvalue weighted by molar-refractivity contribution is 7.98. The summed E-state index contributed by atoms with van der Waals surface area (Å²) in [6.07, 6.45) is 1.27. The summed E-state index contributed by atoms with van der Waals surface area (Å²) < 4.78 is 1.02. The van der Waals surface area contributed by atoms with Crippen LogP contribution in [0.25, 0.3) is 0 Å². The molecule has 1 aromatic heterocycles. The fraction of sp³-hybridized carbons (Fsp3) is 0.0625. The van der Waals surface area contributed by atoms with Gasteiger partial charge in [0.1, 0.15) is 11.9 Å². The van der Waals surface area contributed by atoms with Crippen LogP contribution in [-0.4, -0.2) is 25.6 Å². The molecule has 7 nitrogen and oxygen atoms in total. The van der Waals surface area contributed by atoms with E-state index in [-0.39, 0.29) is 11.3 Å². The van der Waals surface area contributed by atoms with Crippen LogP contribution in [0.15, 0.2) is 66.1 Å². The number of para-hydroxylation sites is 1. The van der Waals surface area contributed by atoms with E-state index in [1.807, 2.05) is 30.3 Å². The number of nitro benzene ring substituents is 1. The molecule has 0 radical (unpaired) electrons. The monoisotopic (exact) mass is 340 g/mol. The molecule has 2 aromatic carbocycles. The average Bonchev–Trinajstić information content (AvgIpc) is 3.09. The molecule has 24 heavy (non-hydrogen) atoms. The molecule has 0 unspecified atom stereocenters. The summed E-state index contributed by atoms with van der Waals surface area (Å²) in [5.41, 5.74) is 0.840. The zero-order chi connectivity index (χ0) is 16.9. The molecule has 0 aliphatic carbocycles. The Balaban J connectivity index is 1.76. The van der Waals surface area contributed by atoms with Crippen LogP contribution in [0.1, 0.15) is 15.9 Å². The first-order valence-corrected chi connectivity index (χ1v) is 8.00. The maximum atomic E-state index is 12.4. The number of aromatic nitrogens is 3. The second kappa shape index (κ2) is 7.05. The smallest absolute Gasteiger partial charge is 0.266 e. The zero-order valence-electron chi connectivity index (χ0n) is 12.4. The second-order valence-corrected chi connectivity index (χ2v) is 5.77. The molecular weight excluding hydrogens is 328 g/mol. The van der Waals surface area contributed by atoms with Gasteiger partial charge in [-0.15, -0.1) is 5.10 Å². The number of hydrogen-bond acceptors (Lipinski definition) is 6. The second-order valence-electron chi connectivity index (χ2n) is 4.83. The van der Waals surface area contributed by atoms with Crippen molar-refractivity contribution in [1.82, 2.24) is 14.8 Å². The summed E-state index contributed by atoms with van der Waals surface area (Å²) >= 11 is 1.39. The number of nitrogens with zero attached hydrogens (tertiary/aromatic N) is 4. The molecule has 0 saturated heterocycles.